The normalized spacial score (nSPS) is 20.5. The molecule has 6 nitrogen and oxygen atoms in total. The summed E-state index contributed by atoms with van der Waals surface area (Å²) < 4.78 is 9.45. The van der Waals surface area contributed by atoms with Gasteiger partial charge in [0, 0.05) is 13.2 Å². The zero-order valence-corrected chi connectivity index (χ0v) is 8.65. The average Bonchev–Trinajstić information content (AvgIpc) is 2.27. The zero-order chi connectivity index (χ0) is 11.1. The van der Waals surface area contributed by atoms with Crippen LogP contribution in [-0.2, 0) is 19.1 Å². The van der Waals surface area contributed by atoms with Gasteiger partial charge in [0.05, 0.1) is 13.5 Å². The zero-order valence-electron chi connectivity index (χ0n) is 8.65. The van der Waals surface area contributed by atoms with Gasteiger partial charge >= 0.3 is 12.1 Å². The Hall–Kier alpha value is -1.30. The van der Waals surface area contributed by atoms with Crippen molar-refractivity contribution in [2.75, 3.05) is 20.3 Å². The van der Waals surface area contributed by atoms with E-state index in [4.69, 9.17) is 4.74 Å². The van der Waals surface area contributed by atoms with Crippen LogP contribution < -0.4 is 5.48 Å². The van der Waals surface area contributed by atoms with Crippen molar-refractivity contribution in [1.82, 2.24) is 5.48 Å². The Morgan fingerprint density at radius 3 is 2.93 bits per heavy atom. The molecule has 1 heterocycles. The van der Waals surface area contributed by atoms with Gasteiger partial charge in [0.2, 0.25) is 0 Å². The molecule has 0 spiro atoms. The molecule has 0 aromatic heterocycles. The molecule has 0 unspecified atom stereocenters. The molecule has 0 aliphatic carbocycles. The minimum absolute atomic E-state index is 0.186. The molecule has 1 rings (SSSR count). The number of rotatable bonds is 2. The van der Waals surface area contributed by atoms with Crippen LogP contribution in [-0.4, -0.2) is 32.4 Å². The van der Waals surface area contributed by atoms with Gasteiger partial charge in [-0.25, -0.2) is 9.59 Å². The number of hydroxylamine groups is 1. The van der Waals surface area contributed by atoms with Gasteiger partial charge in [-0.2, -0.15) is 0 Å². The maximum Gasteiger partial charge on any atom is 0.440 e. The molecule has 0 bridgehead atoms. The summed E-state index contributed by atoms with van der Waals surface area (Å²) >= 11 is 0. The monoisotopic (exact) mass is 217 g/mol. The number of ether oxygens (including phenoxy) is 2. The smallest absolute Gasteiger partial charge is 0.440 e. The second-order valence-corrected chi connectivity index (χ2v) is 3.36. The van der Waals surface area contributed by atoms with E-state index in [1.807, 2.05) is 5.48 Å². The molecule has 1 aliphatic heterocycles. The van der Waals surface area contributed by atoms with Crippen molar-refractivity contribution < 1.29 is 23.9 Å². The summed E-state index contributed by atoms with van der Waals surface area (Å²) in [6.45, 7) is 1.33. The summed E-state index contributed by atoms with van der Waals surface area (Å²) in [6.07, 6.45) is 1.38. The predicted octanol–water partition coefficient (Wildman–Crippen LogP) is 0.617. The molecule has 0 aromatic carbocycles. The van der Waals surface area contributed by atoms with E-state index in [9.17, 15) is 9.59 Å². The largest absolute Gasteiger partial charge is 0.451 e. The van der Waals surface area contributed by atoms with Crippen LogP contribution in [0.25, 0.3) is 0 Å². The van der Waals surface area contributed by atoms with Gasteiger partial charge in [-0.15, -0.1) is 5.48 Å². The van der Waals surface area contributed by atoms with Crippen molar-refractivity contribution >= 4 is 12.1 Å². The first-order chi connectivity index (χ1) is 7.22. The highest BCUT2D eigenvalue weighted by molar-refractivity contribution is 5.73. The quantitative estimate of drug-likeness (QED) is 0.686. The first-order valence-corrected chi connectivity index (χ1v) is 4.83. The Morgan fingerprint density at radius 2 is 2.33 bits per heavy atom. The third-order valence-electron chi connectivity index (χ3n) is 2.14. The van der Waals surface area contributed by atoms with Crippen molar-refractivity contribution in [3.63, 3.8) is 0 Å². The standard InChI is InChI=1S/C9H15NO5/c1-13-9(12)10-15-8(11)5-7-3-2-4-14-6-7/h7H,2-6H2,1H3,(H,10,12)/t7-/m0/s1. The Bertz CT molecular complexity index is 225. The maximum atomic E-state index is 11.2. The molecular formula is C9H15NO5. The fourth-order valence-electron chi connectivity index (χ4n) is 1.39. The fourth-order valence-corrected chi connectivity index (χ4v) is 1.39. The molecule has 1 aliphatic rings. The van der Waals surface area contributed by atoms with Crippen molar-refractivity contribution in [2.24, 2.45) is 5.92 Å². The summed E-state index contributed by atoms with van der Waals surface area (Å²) in [5, 5.41) is 0. The lowest BCUT2D eigenvalue weighted by Gasteiger charge is -2.20. The minimum atomic E-state index is -0.789. The molecule has 1 N–H and O–H groups in total. The second kappa shape index (κ2) is 6.23. The van der Waals surface area contributed by atoms with Gasteiger partial charge in [-0.3, -0.25) is 0 Å². The van der Waals surface area contributed by atoms with E-state index < -0.39 is 12.1 Å². The third kappa shape index (κ3) is 4.64. The lowest BCUT2D eigenvalue weighted by atomic mass is 9.99. The van der Waals surface area contributed by atoms with Crippen molar-refractivity contribution in [1.29, 1.82) is 0 Å². The van der Waals surface area contributed by atoms with Crippen LogP contribution in [0.2, 0.25) is 0 Å². The van der Waals surface area contributed by atoms with Crippen molar-refractivity contribution in [3.8, 4) is 0 Å². The maximum absolute atomic E-state index is 11.2. The highest BCUT2D eigenvalue weighted by Gasteiger charge is 2.19. The van der Waals surface area contributed by atoms with Crippen LogP contribution in [0.3, 0.4) is 0 Å². The van der Waals surface area contributed by atoms with Crippen LogP contribution in [0.1, 0.15) is 19.3 Å². The summed E-state index contributed by atoms with van der Waals surface area (Å²) in [5.41, 5.74) is 1.87. The molecule has 6 heteroatoms. The molecule has 0 radical (unpaired) electrons. The third-order valence-corrected chi connectivity index (χ3v) is 2.14. The molecule has 1 atom stereocenters. The highest BCUT2D eigenvalue weighted by atomic mass is 16.7. The van der Waals surface area contributed by atoms with Gasteiger partial charge in [0.15, 0.2) is 0 Å². The van der Waals surface area contributed by atoms with E-state index in [1.54, 1.807) is 0 Å². The van der Waals surface area contributed by atoms with Gasteiger partial charge in [0.1, 0.15) is 0 Å². The molecule has 86 valence electrons. The Kier molecular flexibility index (Phi) is 4.89. The highest BCUT2D eigenvalue weighted by Crippen LogP contribution is 2.17. The Balaban J connectivity index is 2.14. The lowest BCUT2D eigenvalue weighted by molar-refractivity contribution is -0.151. The van der Waals surface area contributed by atoms with Crippen LogP contribution >= 0.6 is 0 Å². The molecule has 1 fully saturated rings. The number of carbonyl (C=O) groups excluding carboxylic acids is 2. The number of hydrogen-bond acceptors (Lipinski definition) is 5. The van der Waals surface area contributed by atoms with Gasteiger partial charge in [-0.1, -0.05) is 0 Å². The van der Waals surface area contributed by atoms with E-state index >= 15 is 0 Å². The number of carbonyl (C=O) groups is 2. The topological polar surface area (TPSA) is 73.9 Å². The molecule has 0 saturated carbocycles. The summed E-state index contributed by atoms with van der Waals surface area (Å²) in [7, 11) is 1.19. The Labute approximate surface area is 87.8 Å². The first kappa shape index (κ1) is 11.8. The van der Waals surface area contributed by atoms with E-state index in [0.717, 1.165) is 19.4 Å². The van der Waals surface area contributed by atoms with E-state index in [1.165, 1.54) is 7.11 Å². The van der Waals surface area contributed by atoms with Crippen LogP contribution in [0.15, 0.2) is 0 Å². The minimum Gasteiger partial charge on any atom is -0.451 e. The van der Waals surface area contributed by atoms with E-state index in [-0.39, 0.29) is 12.3 Å². The second-order valence-electron chi connectivity index (χ2n) is 3.36. The summed E-state index contributed by atoms with van der Waals surface area (Å²) in [4.78, 5) is 26.2. The molecule has 15 heavy (non-hydrogen) atoms. The molecule has 1 saturated heterocycles. The average molecular weight is 217 g/mol. The summed E-state index contributed by atoms with van der Waals surface area (Å²) in [6, 6.07) is 0. The lowest BCUT2D eigenvalue weighted by Crippen LogP contribution is -2.29. The van der Waals surface area contributed by atoms with Crippen molar-refractivity contribution in [3.05, 3.63) is 0 Å². The first-order valence-electron chi connectivity index (χ1n) is 4.83. The number of hydrogen-bond donors (Lipinski definition) is 1. The summed E-state index contributed by atoms with van der Waals surface area (Å²) in [5.74, 6) is -0.290. The van der Waals surface area contributed by atoms with Gasteiger partial charge in [0.25, 0.3) is 0 Å². The van der Waals surface area contributed by atoms with Gasteiger partial charge < -0.3 is 14.3 Å². The van der Waals surface area contributed by atoms with Crippen molar-refractivity contribution in [2.45, 2.75) is 19.3 Å². The number of nitrogens with one attached hydrogen (secondary N) is 1. The molecule has 1 amide bonds. The SMILES string of the molecule is COC(=O)NOC(=O)C[C@@H]1CCCOC1. The van der Waals surface area contributed by atoms with E-state index in [0.29, 0.717) is 6.61 Å². The Morgan fingerprint density at radius 1 is 1.53 bits per heavy atom. The van der Waals surface area contributed by atoms with Crippen LogP contribution in [0.5, 0.6) is 0 Å². The van der Waals surface area contributed by atoms with Crippen LogP contribution in [0.4, 0.5) is 4.79 Å². The predicted molar refractivity (Wildman–Crippen MR) is 49.8 cm³/mol. The van der Waals surface area contributed by atoms with E-state index in [2.05, 4.69) is 9.57 Å². The van der Waals surface area contributed by atoms with Crippen LogP contribution in [0, 0.1) is 5.92 Å². The molecular weight excluding hydrogens is 202 g/mol. The molecule has 0 aromatic rings. The number of methoxy groups -OCH3 is 1. The number of amides is 1. The van der Waals surface area contributed by atoms with Gasteiger partial charge in [-0.05, 0) is 18.8 Å². The fraction of sp³-hybridized carbons (Fsp3) is 0.778.